The van der Waals surface area contributed by atoms with Gasteiger partial charge in [0.25, 0.3) is 5.69 Å². The highest BCUT2D eigenvalue weighted by atomic mass is 16.6. The van der Waals surface area contributed by atoms with Crippen molar-refractivity contribution in [2.45, 2.75) is 12.5 Å². The highest BCUT2D eigenvalue weighted by Crippen LogP contribution is 2.15. The molecule has 0 aliphatic carbocycles. The fourth-order valence-corrected chi connectivity index (χ4v) is 1.86. The molecule has 0 saturated carbocycles. The van der Waals surface area contributed by atoms with E-state index in [1.165, 1.54) is 24.3 Å². The maximum atomic E-state index is 12.0. The summed E-state index contributed by atoms with van der Waals surface area (Å²) in [6, 6.07) is 14.4. The zero-order chi connectivity index (χ0) is 15.2. The maximum Gasteiger partial charge on any atom is 0.269 e. The van der Waals surface area contributed by atoms with Gasteiger partial charge >= 0.3 is 0 Å². The monoisotopic (exact) mass is 285 g/mol. The van der Waals surface area contributed by atoms with E-state index >= 15 is 0 Å². The molecular weight excluding hydrogens is 270 g/mol. The molecule has 108 valence electrons. The third-order valence-electron chi connectivity index (χ3n) is 2.98. The molecule has 0 heterocycles. The van der Waals surface area contributed by atoms with Gasteiger partial charge in [-0.25, -0.2) is 0 Å². The summed E-state index contributed by atoms with van der Waals surface area (Å²) in [6.45, 7) is 0. The van der Waals surface area contributed by atoms with Gasteiger partial charge in [0.1, 0.15) is 0 Å². The van der Waals surface area contributed by atoms with Crippen molar-refractivity contribution in [1.29, 1.82) is 0 Å². The molecule has 0 unspecified atom stereocenters. The lowest BCUT2D eigenvalue weighted by atomic mass is 10.1. The molecule has 0 fully saturated rings. The number of carbonyl (C=O) groups excluding carboxylic acids is 1. The minimum Gasteiger partial charge on any atom is -0.325 e. The summed E-state index contributed by atoms with van der Waals surface area (Å²) < 4.78 is 0. The van der Waals surface area contributed by atoms with Gasteiger partial charge in [0.15, 0.2) is 0 Å². The molecule has 6 nitrogen and oxygen atoms in total. The van der Waals surface area contributed by atoms with Gasteiger partial charge in [0.2, 0.25) is 5.91 Å². The number of nitrogens with zero attached hydrogens (tertiary/aromatic N) is 1. The van der Waals surface area contributed by atoms with Gasteiger partial charge in [0.05, 0.1) is 11.0 Å². The fourth-order valence-electron chi connectivity index (χ4n) is 1.86. The number of rotatable bonds is 5. The molecule has 1 atom stereocenters. The number of carbonyl (C=O) groups is 1. The number of amides is 1. The van der Waals surface area contributed by atoms with Crippen molar-refractivity contribution in [3.05, 3.63) is 70.3 Å². The Hall–Kier alpha value is -2.73. The van der Waals surface area contributed by atoms with Crippen LogP contribution in [0.5, 0.6) is 0 Å². The van der Waals surface area contributed by atoms with Crippen LogP contribution in [0.3, 0.4) is 0 Å². The Morgan fingerprint density at radius 3 is 2.33 bits per heavy atom. The third kappa shape index (κ3) is 4.12. The van der Waals surface area contributed by atoms with Crippen molar-refractivity contribution in [3.63, 3.8) is 0 Å². The number of nitrogens with one attached hydrogen (secondary N) is 1. The number of anilines is 1. The summed E-state index contributed by atoms with van der Waals surface area (Å²) in [5, 5.41) is 13.2. The molecule has 0 aliphatic rings. The van der Waals surface area contributed by atoms with Crippen LogP contribution < -0.4 is 11.1 Å². The first-order chi connectivity index (χ1) is 10.1. The van der Waals surface area contributed by atoms with Gasteiger partial charge in [-0.2, -0.15) is 0 Å². The Balaban J connectivity index is 1.95. The van der Waals surface area contributed by atoms with E-state index in [-0.39, 0.29) is 11.6 Å². The molecule has 0 bridgehead atoms. The van der Waals surface area contributed by atoms with E-state index in [9.17, 15) is 14.9 Å². The molecular formula is C15H15N3O3. The molecule has 3 N–H and O–H groups in total. The zero-order valence-corrected chi connectivity index (χ0v) is 11.2. The zero-order valence-electron chi connectivity index (χ0n) is 11.2. The smallest absolute Gasteiger partial charge is 0.269 e. The standard InChI is InChI=1S/C15H15N3O3/c16-14(10-11-4-2-1-3-5-11)15(19)17-12-6-8-13(9-7-12)18(20)21/h1-9,14H,10,16H2,(H,17,19)/t14-/m1/s1. The van der Waals surface area contributed by atoms with Crippen LogP contribution in [0.1, 0.15) is 5.56 Å². The number of nitro groups is 1. The summed E-state index contributed by atoms with van der Waals surface area (Å²) in [6.07, 6.45) is 0.430. The normalized spacial score (nSPS) is 11.7. The molecule has 0 saturated heterocycles. The first-order valence-corrected chi connectivity index (χ1v) is 6.41. The SMILES string of the molecule is N[C@H](Cc1ccccc1)C(=O)Nc1ccc([N+](=O)[O-])cc1. The molecule has 0 aromatic heterocycles. The summed E-state index contributed by atoms with van der Waals surface area (Å²) in [7, 11) is 0. The lowest BCUT2D eigenvalue weighted by molar-refractivity contribution is -0.384. The van der Waals surface area contributed by atoms with Crippen LogP contribution in [-0.2, 0) is 11.2 Å². The first-order valence-electron chi connectivity index (χ1n) is 6.41. The van der Waals surface area contributed by atoms with Gasteiger partial charge in [-0.15, -0.1) is 0 Å². The number of benzene rings is 2. The van der Waals surface area contributed by atoms with Crippen LogP contribution in [0.15, 0.2) is 54.6 Å². The second-order valence-corrected chi connectivity index (χ2v) is 4.59. The van der Waals surface area contributed by atoms with E-state index in [1.54, 1.807) is 0 Å². The highest BCUT2D eigenvalue weighted by molar-refractivity contribution is 5.94. The molecule has 6 heteroatoms. The van der Waals surface area contributed by atoms with E-state index in [0.717, 1.165) is 5.56 Å². The van der Waals surface area contributed by atoms with Crippen molar-refractivity contribution in [2.24, 2.45) is 5.73 Å². The number of non-ortho nitro benzene ring substituents is 1. The molecule has 2 rings (SSSR count). The van der Waals surface area contributed by atoms with Crippen LogP contribution in [0.25, 0.3) is 0 Å². The van der Waals surface area contributed by atoms with Gasteiger partial charge in [0, 0.05) is 17.8 Å². The van der Waals surface area contributed by atoms with Crippen LogP contribution in [0.2, 0.25) is 0 Å². The molecule has 0 spiro atoms. The Kier molecular flexibility index (Phi) is 4.63. The van der Waals surface area contributed by atoms with Gasteiger partial charge in [-0.05, 0) is 24.1 Å². The molecule has 2 aromatic carbocycles. The lowest BCUT2D eigenvalue weighted by Gasteiger charge is -2.12. The predicted octanol–water partition coefficient (Wildman–Crippen LogP) is 2.10. The highest BCUT2D eigenvalue weighted by Gasteiger charge is 2.14. The molecule has 2 aromatic rings. The van der Waals surface area contributed by atoms with Gasteiger partial charge in [-0.3, -0.25) is 14.9 Å². The van der Waals surface area contributed by atoms with Crippen LogP contribution in [-0.4, -0.2) is 16.9 Å². The minimum atomic E-state index is -0.678. The third-order valence-corrected chi connectivity index (χ3v) is 2.98. The van der Waals surface area contributed by atoms with E-state index in [2.05, 4.69) is 5.32 Å². The van der Waals surface area contributed by atoms with E-state index in [0.29, 0.717) is 12.1 Å². The Morgan fingerprint density at radius 1 is 1.14 bits per heavy atom. The Bertz CT molecular complexity index is 626. The lowest BCUT2D eigenvalue weighted by Crippen LogP contribution is -2.37. The molecule has 0 aliphatic heterocycles. The van der Waals surface area contributed by atoms with Crippen molar-refractivity contribution in [1.82, 2.24) is 0 Å². The van der Waals surface area contributed by atoms with E-state index in [1.807, 2.05) is 30.3 Å². The van der Waals surface area contributed by atoms with Crippen molar-refractivity contribution in [3.8, 4) is 0 Å². The molecule has 21 heavy (non-hydrogen) atoms. The Labute approximate surface area is 121 Å². The maximum absolute atomic E-state index is 12.0. The second-order valence-electron chi connectivity index (χ2n) is 4.59. The van der Waals surface area contributed by atoms with E-state index in [4.69, 9.17) is 5.73 Å². The van der Waals surface area contributed by atoms with Gasteiger partial charge < -0.3 is 11.1 Å². The number of hydrogen-bond acceptors (Lipinski definition) is 4. The average molecular weight is 285 g/mol. The molecule has 0 radical (unpaired) electrons. The van der Waals surface area contributed by atoms with Crippen molar-refractivity contribution >= 4 is 17.3 Å². The minimum absolute atomic E-state index is 0.0263. The predicted molar refractivity (Wildman–Crippen MR) is 79.8 cm³/mol. The Morgan fingerprint density at radius 2 is 1.76 bits per heavy atom. The van der Waals surface area contributed by atoms with Crippen LogP contribution >= 0.6 is 0 Å². The summed E-state index contributed by atoms with van der Waals surface area (Å²) >= 11 is 0. The first kappa shape index (κ1) is 14.7. The summed E-state index contributed by atoms with van der Waals surface area (Å²) in [5.41, 5.74) is 7.29. The number of hydrogen-bond donors (Lipinski definition) is 2. The van der Waals surface area contributed by atoms with Crippen LogP contribution in [0, 0.1) is 10.1 Å². The van der Waals surface area contributed by atoms with Crippen molar-refractivity contribution in [2.75, 3.05) is 5.32 Å². The average Bonchev–Trinajstić information content (AvgIpc) is 2.48. The quantitative estimate of drug-likeness (QED) is 0.649. The fraction of sp³-hybridized carbons (Fsp3) is 0.133. The van der Waals surface area contributed by atoms with Crippen LogP contribution in [0.4, 0.5) is 11.4 Å². The largest absolute Gasteiger partial charge is 0.325 e. The topological polar surface area (TPSA) is 98.3 Å². The van der Waals surface area contributed by atoms with Crippen molar-refractivity contribution < 1.29 is 9.72 Å². The van der Waals surface area contributed by atoms with E-state index < -0.39 is 11.0 Å². The summed E-state index contributed by atoms with van der Waals surface area (Å²) in [5.74, 6) is -0.326. The number of nitrogens with two attached hydrogens (primary N) is 1. The molecule has 1 amide bonds. The van der Waals surface area contributed by atoms with Gasteiger partial charge in [-0.1, -0.05) is 30.3 Å². The summed E-state index contributed by atoms with van der Waals surface area (Å²) in [4.78, 5) is 22.0. The number of nitro benzene ring substituents is 1. The second kappa shape index (κ2) is 6.62.